The second-order valence-electron chi connectivity index (χ2n) is 3.89. The zero-order valence-electron chi connectivity index (χ0n) is 8.11. The minimum Gasteiger partial charge on any atom is -0.508 e. The van der Waals surface area contributed by atoms with Crippen molar-refractivity contribution in [2.45, 2.75) is 24.9 Å². The van der Waals surface area contributed by atoms with Gasteiger partial charge in [-0.1, -0.05) is 12.1 Å². The predicted octanol–water partition coefficient (Wildman–Crippen LogP) is 1.14. The molecule has 1 heterocycles. The van der Waals surface area contributed by atoms with Crippen molar-refractivity contribution in [3.8, 4) is 5.75 Å². The fourth-order valence-electron chi connectivity index (χ4n) is 1.94. The van der Waals surface area contributed by atoms with Gasteiger partial charge in [-0.2, -0.15) is 0 Å². The number of hydrogen-bond acceptors (Lipinski definition) is 3. The third-order valence-corrected chi connectivity index (χ3v) is 2.72. The average Bonchev–Trinajstić information content (AvgIpc) is 2.18. The molecule has 0 radical (unpaired) electrons. The standard InChI is InChI=1S/C11H16N2O/c12-9-4-5-13-11(7-9)8-2-1-3-10(14)6-8/h1-3,6,9,11,13-14H,4-5,7,12H2/t9-,11+/m1/s1. The van der Waals surface area contributed by atoms with Crippen LogP contribution in [0.4, 0.5) is 0 Å². The number of phenolic OH excluding ortho intramolecular Hbond substituents is 1. The van der Waals surface area contributed by atoms with Gasteiger partial charge >= 0.3 is 0 Å². The molecule has 2 rings (SSSR count). The second-order valence-corrected chi connectivity index (χ2v) is 3.89. The van der Waals surface area contributed by atoms with Gasteiger partial charge in [-0.25, -0.2) is 0 Å². The highest BCUT2D eigenvalue weighted by molar-refractivity contribution is 5.29. The molecular weight excluding hydrogens is 176 g/mol. The molecule has 1 aromatic carbocycles. The number of nitrogens with two attached hydrogens (primary N) is 1. The number of rotatable bonds is 1. The zero-order valence-corrected chi connectivity index (χ0v) is 8.11. The maximum absolute atomic E-state index is 9.35. The van der Waals surface area contributed by atoms with E-state index in [0.717, 1.165) is 24.9 Å². The number of piperidine rings is 1. The summed E-state index contributed by atoms with van der Waals surface area (Å²) in [5.74, 6) is 0.323. The van der Waals surface area contributed by atoms with Crippen molar-refractivity contribution >= 4 is 0 Å². The Morgan fingerprint density at radius 1 is 1.43 bits per heavy atom. The lowest BCUT2D eigenvalue weighted by Crippen LogP contribution is -2.38. The van der Waals surface area contributed by atoms with Gasteiger partial charge in [0.05, 0.1) is 0 Å². The number of hydrogen-bond donors (Lipinski definition) is 3. The first-order chi connectivity index (χ1) is 6.75. The maximum atomic E-state index is 9.35. The molecule has 1 aliphatic rings. The average molecular weight is 192 g/mol. The van der Waals surface area contributed by atoms with E-state index in [4.69, 9.17) is 5.73 Å². The molecule has 0 aliphatic carbocycles. The molecule has 3 nitrogen and oxygen atoms in total. The fourth-order valence-corrected chi connectivity index (χ4v) is 1.94. The summed E-state index contributed by atoms with van der Waals surface area (Å²) >= 11 is 0. The molecule has 76 valence electrons. The smallest absolute Gasteiger partial charge is 0.115 e. The lowest BCUT2D eigenvalue weighted by Gasteiger charge is -2.28. The predicted molar refractivity (Wildman–Crippen MR) is 56.1 cm³/mol. The Labute approximate surface area is 83.9 Å². The Morgan fingerprint density at radius 3 is 3.00 bits per heavy atom. The maximum Gasteiger partial charge on any atom is 0.115 e. The van der Waals surface area contributed by atoms with Crippen LogP contribution in [0.3, 0.4) is 0 Å². The summed E-state index contributed by atoms with van der Waals surface area (Å²) in [5.41, 5.74) is 7.02. The van der Waals surface area contributed by atoms with E-state index in [0.29, 0.717) is 11.8 Å². The molecule has 1 fully saturated rings. The van der Waals surface area contributed by atoms with Crippen molar-refractivity contribution in [2.75, 3.05) is 6.54 Å². The van der Waals surface area contributed by atoms with Gasteiger partial charge in [-0.05, 0) is 37.1 Å². The van der Waals surface area contributed by atoms with E-state index in [-0.39, 0.29) is 6.04 Å². The van der Waals surface area contributed by atoms with Gasteiger partial charge in [0.2, 0.25) is 0 Å². The SMILES string of the molecule is N[C@@H]1CCN[C@H](c2cccc(O)c2)C1. The zero-order chi connectivity index (χ0) is 9.97. The normalized spacial score (nSPS) is 27.5. The molecule has 0 saturated carbocycles. The summed E-state index contributed by atoms with van der Waals surface area (Å²) in [6, 6.07) is 7.96. The summed E-state index contributed by atoms with van der Waals surface area (Å²) in [6.45, 7) is 0.960. The van der Waals surface area contributed by atoms with Crippen LogP contribution in [-0.2, 0) is 0 Å². The lowest BCUT2D eigenvalue weighted by atomic mass is 9.94. The van der Waals surface area contributed by atoms with Crippen LogP contribution in [0.25, 0.3) is 0 Å². The third kappa shape index (κ3) is 2.05. The number of aromatic hydroxyl groups is 1. The van der Waals surface area contributed by atoms with E-state index < -0.39 is 0 Å². The van der Waals surface area contributed by atoms with Crippen LogP contribution in [0.2, 0.25) is 0 Å². The van der Waals surface area contributed by atoms with Crippen molar-refractivity contribution in [3.63, 3.8) is 0 Å². The van der Waals surface area contributed by atoms with Gasteiger partial charge in [-0.3, -0.25) is 0 Å². The van der Waals surface area contributed by atoms with Crippen LogP contribution in [0.1, 0.15) is 24.4 Å². The lowest BCUT2D eigenvalue weighted by molar-refractivity contribution is 0.368. The Balaban J connectivity index is 2.14. The molecule has 0 unspecified atom stereocenters. The van der Waals surface area contributed by atoms with Crippen LogP contribution >= 0.6 is 0 Å². The van der Waals surface area contributed by atoms with E-state index in [1.165, 1.54) is 0 Å². The van der Waals surface area contributed by atoms with Crippen molar-refractivity contribution in [1.29, 1.82) is 0 Å². The molecule has 1 saturated heterocycles. The molecule has 0 amide bonds. The van der Waals surface area contributed by atoms with Gasteiger partial charge in [0.15, 0.2) is 0 Å². The highest BCUT2D eigenvalue weighted by Gasteiger charge is 2.19. The molecule has 0 aromatic heterocycles. The molecule has 1 aliphatic heterocycles. The molecular formula is C11H16N2O. The van der Waals surface area contributed by atoms with E-state index >= 15 is 0 Å². The molecule has 1 aromatic rings. The molecule has 14 heavy (non-hydrogen) atoms. The summed E-state index contributed by atoms with van der Waals surface area (Å²) in [7, 11) is 0. The van der Waals surface area contributed by atoms with Gasteiger partial charge in [0.25, 0.3) is 0 Å². The Morgan fingerprint density at radius 2 is 2.29 bits per heavy atom. The molecule has 0 bridgehead atoms. The van der Waals surface area contributed by atoms with Crippen molar-refractivity contribution in [2.24, 2.45) is 5.73 Å². The van der Waals surface area contributed by atoms with Gasteiger partial charge in [0, 0.05) is 12.1 Å². The van der Waals surface area contributed by atoms with Crippen LogP contribution in [-0.4, -0.2) is 17.7 Å². The van der Waals surface area contributed by atoms with Crippen LogP contribution in [0.5, 0.6) is 5.75 Å². The molecule has 3 heteroatoms. The molecule has 2 atom stereocenters. The first-order valence-electron chi connectivity index (χ1n) is 5.03. The minimum atomic E-state index is 0.281. The van der Waals surface area contributed by atoms with Gasteiger partial charge in [0.1, 0.15) is 5.75 Å². The quantitative estimate of drug-likeness (QED) is 0.625. The van der Waals surface area contributed by atoms with Crippen molar-refractivity contribution in [3.05, 3.63) is 29.8 Å². The van der Waals surface area contributed by atoms with E-state index in [9.17, 15) is 5.11 Å². The fraction of sp³-hybridized carbons (Fsp3) is 0.455. The van der Waals surface area contributed by atoms with Gasteiger partial charge in [-0.15, -0.1) is 0 Å². The highest BCUT2D eigenvalue weighted by Crippen LogP contribution is 2.24. The summed E-state index contributed by atoms with van der Waals surface area (Å²) in [6.07, 6.45) is 1.98. The third-order valence-electron chi connectivity index (χ3n) is 2.72. The number of nitrogens with one attached hydrogen (secondary N) is 1. The van der Waals surface area contributed by atoms with Crippen molar-refractivity contribution in [1.82, 2.24) is 5.32 Å². The summed E-state index contributed by atoms with van der Waals surface area (Å²) < 4.78 is 0. The summed E-state index contributed by atoms with van der Waals surface area (Å²) in [5, 5.41) is 12.8. The van der Waals surface area contributed by atoms with Gasteiger partial charge < -0.3 is 16.2 Å². The topological polar surface area (TPSA) is 58.3 Å². The Hall–Kier alpha value is -1.06. The molecule has 0 spiro atoms. The highest BCUT2D eigenvalue weighted by atomic mass is 16.3. The van der Waals surface area contributed by atoms with Crippen molar-refractivity contribution < 1.29 is 5.11 Å². The number of benzene rings is 1. The van der Waals surface area contributed by atoms with Crippen LogP contribution in [0, 0.1) is 0 Å². The Kier molecular flexibility index (Phi) is 2.70. The first-order valence-corrected chi connectivity index (χ1v) is 5.03. The molecule has 4 N–H and O–H groups in total. The van der Waals surface area contributed by atoms with Crippen LogP contribution in [0.15, 0.2) is 24.3 Å². The Bertz CT molecular complexity index is 314. The largest absolute Gasteiger partial charge is 0.508 e. The van der Waals surface area contributed by atoms with E-state index in [2.05, 4.69) is 5.32 Å². The first kappa shape index (κ1) is 9.49. The van der Waals surface area contributed by atoms with E-state index in [1.54, 1.807) is 12.1 Å². The monoisotopic (exact) mass is 192 g/mol. The number of phenols is 1. The van der Waals surface area contributed by atoms with E-state index in [1.807, 2.05) is 12.1 Å². The minimum absolute atomic E-state index is 0.281. The second kappa shape index (κ2) is 3.98. The van der Waals surface area contributed by atoms with Crippen LogP contribution < -0.4 is 11.1 Å². The summed E-state index contributed by atoms with van der Waals surface area (Å²) in [4.78, 5) is 0.